The van der Waals surface area contributed by atoms with E-state index in [4.69, 9.17) is 44.3 Å². The fourth-order valence-electron chi connectivity index (χ4n) is 2.97. The van der Waals surface area contributed by atoms with Gasteiger partial charge in [0.05, 0.1) is 32.7 Å². The molecule has 0 saturated heterocycles. The van der Waals surface area contributed by atoms with E-state index in [-0.39, 0.29) is 26.3 Å². The average Bonchev–Trinajstić information content (AvgIpc) is 2.82. The number of carboxylic acid groups (broad SMARTS) is 1. The Balaban J connectivity index is 2.07. The molecule has 2 amide bonds. The SMILES string of the molecule is CC(C)C(OC(=O)Nc1c(Cl)cccc1Cl)C(=O)N[C@@H](CC(=O)O)C(=O)COC(=O)c1ccccc1Cl. The molecule has 2 atom stereocenters. The maximum Gasteiger partial charge on any atom is 0.412 e. The van der Waals surface area contributed by atoms with Crippen LogP contribution in [0.1, 0.15) is 30.6 Å². The molecule has 0 fully saturated rings. The van der Waals surface area contributed by atoms with Gasteiger partial charge in [0.1, 0.15) is 6.04 Å². The molecule has 2 aromatic carbocycles. The number of amides is 2. The summed E-state index contributed by atoms with van der Waals surface area (Å²) < 4.78 is 10.1. The molecule has 198 valence electrons. The topological polar surface area (TPSA) is 148 Å². The van der Waals surface area contributed by atoms with Gasteiger partial charge in [-0.2, -0.15) is 0 Å². The lowest BCUT2D eigenvalue weighted by Crippen LogP contribution is -2.50. The van der Waals surface area contributed by atoms with Crippen LogP contribution in [-0.4, -0.2) is 53.6 Å². The summed E-state index contributed by atoms with van der Waals surface area (Å²) in [5.41, 5.74) is 0.0757. The van der Waals surface area contributed by atoms with E-state index in [0.717, 1.165) is 0 Å². The van der Waals surface area contributed by atoms with Crippen molar-refractivity contribution in [2.45, 2.75) is 32.4 Å². The zero-order valence-corrected chi connectivity index (χ0v) is 21.9. The highest BCUT2D eigenvalue weighted by Gasteiger charge is 2.32. The van der Waals surface area contributed by atoms with Crippen molar-refractivity contribution in [3.05, 3.63) is 63.1 Å². The van der Waals surface area contributed by atoms with Crippen molar-refractivity contribution in [1.82, 2.24) is 5.32 Å². The van der Waals surface area contributed by atoms with Crippen LogP contribution in [-0.2, 0) is 23.9 Å². The third-order valence-corrected chi connectivity index (χ3v) is 5.77. The number of carbonyl (C=O) groups excluding carboxylic acids is 4. The molecule has 0 bridgehead atoms. The Labute approximate surface area is 227 Å². The molecule has 0 aliphatic carbocycles. The van der Waals surface area contributed by atoms with Gasteiger partial charge in [-0.25, -0.2) is 9.59 Å². The molecule has 2 aromatic rings. The molecule has 3 N–H and O–H groups in total. The molecule has 0 radical (unpaired) electrons. The average molecular weight is 574 g/mol. The van der Waals surface area contributed by atoms with Gasteiger partial charge in [-0.15, -0.1) is 0 Å². The Bertz CT molecular complexity index is 1170. The van der Waals surface area contributed by atoms with Crippen LogP contribution in [0.5, 0.6) is 0 Å². The number of hydrogen-bond acceptors (Lipinski definition) is 7. The van der Waals surface area contributed by atoms with Gasteiger partial charge in [-0.05, 0) is 30.2 Å². The second-order valence-corrected chi connectivity index (χ2v) is 9.19. The lowest BCUT2D eigenvalue weighted by atomic mass is 10.0. The van der Waals surface area contributed by atoms with Crippen LogP contribution in [0.2, 0.25) is 15.1 Å². The van der Waals surface area contributed by atoms with Crippen molar-refractivity contribution in [3.63, 3.8) is 0 Å². The van der Waals surface area contributed by atoms with Crippen LogP contribution < -0.4 is 10.6 Å². The van der Waals surface area contributed by atoms with Gasteiger partial charge >= 0.3 is 18.0 Å². The van der Waals surface area contributed by atoms with Crippen molar-refractivity contribution in [2.24, 2.45) is 5.92 Å². The van der Waals surface area contributed by atoms with Crippen LogP contribution in [0.4, 0.5) is 10.5 Å². The van der Waals surface area contributed by atoms with E-state index in [9.17, 15) is 29.1 Å². The van der Waals surface area contributed by atoms with E-state index >= 15 is 0 Å². The van der Waals surface area contributed by atoms with Crippen molar-refractivity contribution in [2.75, 3.05) is 11.9 Å². The summed E-state index contributed by atoms with van der Waals surface area (Å²) in [5, 5.41) is 14.2. The number of aliphatic carboxylic acids is 1. The van der Waals surface area contributed by atoms with E-state index < -0.39 is 60.8 Å². The first kappa shape index (κ1) is 29.9. The first-order chi connectivity index (χ1) is 17.4. The number of nitrogens with one attached hydrogen (secondary N) is 2. The number of halogens is 3. The lowest BCUT2D eigenvalue weighted by Gasteiger charge is -2.24. The number of rotatable bonds is 11. The minimum atomic E-state index is -1.57. The van der Waals surface area contributed by atoms with Crippen LogP contribution in [0, 0.1) is 5.92 Å². The zero-order valence-electron chi connectivity index (χ0n) is 19.6. The second-order valence-electron chi connectivity index (χ2n) is 7.97. The molecular weight excluding hydrogens is 551 g/mol. The van der Waals surface area contributed by atoms with E-state index in [1.54, 1.807) is 32.0 Å². The summed E-state index contributed by atoms with van der Waals surface area (Å²) in [6.07, 6.45) is -3.28. The van der Waals surface area contributed by atoms with Crippen LogP contribution >= 0.6 is 34.8 Å². The van der Waals surface area contributed by atoms with E-state index in [1.165, 1.54) is 24.3 Å². The molecule has 0 heterocycles. The molecule has 10 nitrogen and oxygen atoms in total. The van der Waals surface area contributed by atoms with Gasteiger partial charge in [0.25, 0.3) is 5.91 Å². The van der Waals surface area contributed by atoms with Gasteiger partial charge in [0.15, 0.2) is 18.5 Å². The maximum absolute atomic E-state index is 12.9. The van der Waals surface area contributed by atoms with Crippen molar-refractivity contribution < 1.29 is 38.6 Å². The van der Waals surface area contributed by atoms with E-state index in [1.807, 2.05) is 0 Å². The molecule has 13 heteroatoms. The summed E-state index contributed by atoms with van der Waals surface area (Å²) in [6, 6.07) is 8.93. The molecule has 37 heavy (non-hydrogen) atoms. The monoisotopic (exact) mass is 572 g/mol. The fourth-order valence-corrected chi connectivity index (χ4v) is 3.68. The molecule has 0 aliphatic heterocycles. The van der Waals surface area contributed by atoms with Crippen LogP contribution in [0.15, 0.2) is 42.5 Å². The third-order valence-electron chi connectivity index (χ3n) is 4.81. The highest BCUT2D eigenvalue weighted by Crippen LogP contribution is 2.30. The van der Waals surface area contributed by atoms with Gasteiger partial charge in [0, 0.05) is 0 Å². The number of esters is 1. The summed E-state index contributed by atoms with van der Waals surface area (Å²) in [6.45, 7) is 2.31. The lowest BCUT2D eigenvalue weighted by molar-refractivity contribution is -0.142. The molecule has 2 rings (SSSR count). The molecule has 0 aromatic heterocycles. The van der Waals surface area contributed by atoms with Gasteiger partial charge < -0.3 is 19.9 Å². The second kappa shape index (κ2) is 13.8. The highest BCUT2D eigenvalue weighted by molar-refractivity contribution is 6.39. The van der Waals surface area contributed by atoms with Gasteiger partial charge in [0.2, 0.25) is 0 Å². The standard InChI is InChI=1S/C24H23Cl3N2O8/c1-12(2)21(37-24(35)29-20-15(26)8-5-9-16(20)27)22(33)28-17(10-19(31)32)18(30)11-36-23(34)13-6-3-4-7-14(13)25/h3-9,12,17,21H,10-11H2,1-2H3,(H,28,33)(H,29,35)(H,31,32)/t17-,21?/m0/s1. The fraction of sp³-hybridized carbons (Fsp3) is 0.292. The van der Waals surface area contributed by atoms with Crippen molar-refractivity contribution in [1.29, 1.82) is 0 Å². The summed E-state index contributed by atoms with van der Waals surface area (Å²) >= 11 is 18.0. The first-order valence-corrected chi connectivity index (χ1v) is 11.9. The third kappa shape index (κ3) is 8.92. The number of Topliss-reactive ketones (excluding diaryl/α,β-unsaturated/α-hetero) is 1. The first-order valence-electron chi connectivity index (χ1n) is 10.8. The Morgan fingerprint density at radius 2 is 1.51 bits per heavy atom. The van der Waals surface area contributed by atoms with Gasteiger partial charge in [-0.1, -0.05) is 66.8 Å². The quantitative estimate of drug-likeness (QED) is 0.330. The number of carbonyl (C=O) groups is 5. The van der Waals surface area contributed by atoms with Crippen molar-refractivity contribution >= 4 is 70.2 Å². The minimum Gasteiger partial charge on any atom is -0.481 e. The predicted octanol–water partition coefficient (Wildman–Crippen LogP) is 4.61. The predicted molar refractivity (Wildman–Crippen MR) is 136 cm³/mol. The zero-order chi connectivity index (χ0) is 27.7. The molecule has 0 saturated carbocycles. The number of para-hydroxylation sites is 1. The van der Waals surface area contributed by atoms with E-state index in [2.05, 4.69) is 10.6 Å². The Kier molecular flexibility index (Phi) is 11.2. The summed E-state index contributed by atoms with van der Waals surface area (Å²) in [5.74, 6) is -4.72. The summed E-state index contributed by atoms with van der Waals surface area (Å²) in [7, 11) is 0. The number of anilines is 1. The molecular formula is C24H23Cl3N2O8. The van der Waals surface area contributed by atoms with Crippen LogP contribution in [0.25, 0.3) is 0 Å². The van der Waals surface area contributed by atoms with Gasteiger partial charge in [-0.3, -0.25) is 19.7 Å². The normalized spacial score (nSPS) is 12.3. The number of ether oxygens (including phenoxy) is 2. The minimum absolute atomic E-state index is 0.00805. The van der Waals surface area contributed by atoms with Crippen LogP contribution in [0.3, 0.4) is 0 Å². The number of benzene rings is 2. The van der Waals surface area contributed by atoms with E-state index in [0.29, 0.717) is 0 Å². The number of hydrogen-bond donors (Lipinski definition) is 3. The Morgan fingerprint density at radius 3 is 2.08 bits per heavy atom. The Hall–Kier alpha value is -3.34. The molecule has 0 spiro atoms. The molecule has 1 unspecified atom stereocenters. The highest BCUT2D eigenvalue weighted by atomic mass is 35.5. The summed E-state index contributed by atoms with van der Waals surface area (Å²) in [4.78, 5) is 61.4. The Morgan fingerprint density at radius 1 is 0.919 bits per heavy atom. The largest absolute Gasteiger partial charge is 0.481 e. The number of ketones is 1. The molecule has 0 aliphatic rings. The maximum atomic E-state index is 12.9. The smallest absolute Gasteiger partial charge is 0.412 e. The van der Waals surface area contributed by atoms with Crippen molar-refractivity contribution in [3.8, 4) is 0 Å². The number of carboxylic acids is 1.